The van der Waals surface area contributed by atoms with Gasteiger partial charge in [-0.3, -0.25) is 4.98 Å². The Morgan fingerprint density at radius 1 is 0.415 bits per heavy atom. The second-order valence-electron chi connectivity index (χ2n) is 14.9. The van der Waals surface area contributed by atoms with E-state index in [1.165, 1.54) is 98.4 Å². The lowest BCUT2D eigenvalue weighted by Gasteiger charge is -2.25. The van der Waals surface area contributed by atoms with Crippen LogP contribution in [0.1, 0.15) is 62.1 Å². The van der Waals surface area contributed by atoms with Crippen molar-refractivity contribution in [2.24, 2.45) is 0 Å². The number of aromatic nitrogens is 1. The van der Waals surface area contributed by atoms with Gasteiger partial charge in [-0.15, -0.1) is 0 Å². The molecule has 0 saturated heterocycles. The molecule has 1 heterocycles. The Morgan fingerprint density at radius 3 is 1.64 bits per heavy atom. The van der Waals surface area contributed by atoms with Crippen LogP contribution in [0.3, 0.4) is 0 Å². The normalized spacial score (nSPS) is 15.9. The Kier molecular flexibility index (Phi) is 7.87. The highest BCUT2D eigenvalue weighted by Crippen LogP contribution is 2.44. The van der Waals surface area contributed by atoms with E-state index >= 15 is 0 Å². The fourth-order valence-corrected chi connectivity index (χ4v) is 9.19. The second kappa shape index (κ2) is 13.2. The van der Waals surface area contributed by atoms with Crippen molar-refractivity contribution in [2.45, 2.75) is 45.4 Å². The lowest BCUT2D eigenvalue weighted by atomic mass is 9.79. The third kappa shape index (κ3) is 5.51. The Bertz CT molecular complexity index is 2810. The van der Waals surface area contributed by atoms with Crippen LogP contribution in [-0.2, 0) is 0 Å². The van der Waals surface area contributed by atoms with Gasteiger partial charge >= 0.3 is 0 Å². The van der Waals surface area contributed by atoms with Gasteiger partial charge in [0.15, 0.2) is 0 Å². The molecule has 7 aromatic rings. The summed E-state index contributed by atoms with van der Waals surface area (Å²) in [6.45, 7) is 2.25. The minimum atomic E-state index is 0.986. The zero-order chi connectivity index (χ0) is 35.3. The van der Waals surface area contributed by atoms with E-state index in [1.54, 1.807) is 0 Å². The monoisotopic (exact) mass is 679 g/mol. The number of benzene rings is 6. The molecule has 0 saturated carbocycles. The van der Waals surface area contributed by atoms with Crippen molar-refractivity contribution in [3.05, 3.63) is 196 Å². The van der Waals surface area contributed by atoms with E-state index in [0.717, 1.165) is 44.2 Å². The minimum Gasteiger partial charge on any atom is -0.256 e. The van der Waals surface area contributed by atoms with E-state index in [0.29, 0.717) is 0 Å². The van der Waals surface area contributed by atoms with Gasteiger partial charge in [0.1, 0.15) is 0 Å². The van der Waals surface area contributed by atoms with Gasteiger partial charge < -0.3 is 0 Å². The molecular weight excluding hydrogens is 639 g/mol. The van der Waals surface area contributed by atoms with Crippen LogP contribution in [0.4, 0.5) is 0 Å². The molecule has 1 aromatic heterocycles. The van der Waals surface area contributed by atoms with Crippen molar-refractivity contribution in [3.63, 3.8) is 0 Å². The summed E-state index contributed by atoms with van der Waals surface area (Å²) in [4.78, 5) is 4.97. The zero-order valence-electron chi connectivity index (χ0n) is 30.2. The Morgan fingerprint density at radius 2 is 0.981 bits per heavy atom. The molecule has 3 aliphatic carbocycles. The Labute approximate surface area is 311 Å². The molecule has 0 radical (unpaired) electrons. The number of allylic oxidation sites excluding steroid dienone is 8. The molecule has 0 spiro atoms. The SMILES string of the molecule is CC1=CC=C(C2=c3ccccc3=C(c3c4ccccc4c(C4=CC=C(c5ccc(-c6cccc7ccccc67)nc5)CC4)c4ccccc34)CC2)CC1. The molecule has 6 aromatic carbocycles. The van der Waals surface area contributed by atoms with Crippen LogP contribution in [0.15, 0.2) is 169 Å². The molecule has 1 nitrogen and oxygen atoms in total. The standard InChI is InChI=1S/C52H41N/c1-34-21-23-37(24-22-34)41-30-31-49(43-15-5-4-14-42(41)43)52-47-18-8-6-16-45(47)51(46-17-7-9-19-48(46)52)38-27-25-35(26-28-38)39-29-32-50(53-33-39)44-20-10-12-36-11-2-3-13-40(36)44/h2-21,23,25,27,29,32-33H,22,24,26,28,30-31H2,1H3. The molecule has 10 rings (SSSR count). The van der Waals surface area contributed by atoms with E-state index in [9.17, 15) is 0 Å². The number of hydrogen-bond acceptors (Lipinski definition) is 1. The molecule has 0 bridgehead atoms. The number of rotatable bonds is 5. The van der Waals surface area contributed by atoms with Gasteiger partial charge in [-0.2, -0.15) is 0 Å². The highest BCUT2D eigenvalue weighted by molar-refractivity contribution is 6.16. The first-order valence-electron chi connectivity index (χ1n) is 19.2. The average molecular weight is 680 g/mol. The first-order chi connectivity index (χ1) is 26.2. The summed E-state index contributed by atoms with van der Waals surface area (Å²) in [6, 6.07) is 46.9. The highest BCUT2D eigenvalue weighted by atomic mass is 14.7. The molecular formula is C52H41N. The zero-order valence-corrected chi connectivity index (χ0v) is 30.2. The average Bonchev–Trinajstić information content (AvgIpc) is 3.23. The molecule has 53 heavy (non-hydrogen) atoms. The number of nitrogens with zero attached hydrogens (tertiary/aromatic N) is 1. The van der Waals surface area contributed by atoms with Crippen LogP contribution in [0.25, 0.3) is 65.9 Å². The summed E-state index contributed by atoms with van der Waals surface area (Å²) in [5.74, 6) is 0. The van der Waals surface area contributed by atoms with Crippen LogP contribution in [0, 0.1) is 0 Å². The van der Waals surface area contributed by atoms with E-state index in [1.807, 2.05) is 0 Å². The summed E-state index contributed by atoms with van der Waals surface area (Å²) in [5.41, 5.74) is 14.9. The molecule has 0 unspecified atom stereocenters. The van der Waals surface area contributed by atoms with Crippen molar-refractivity contribution in [2.75, 3.05) is 0 Å². The minimum absolute atomic E-state index is 0.986. The topological polar surface area (TPSA) is 12.9 Å². The summed E-state index contributed by atoms with van der Waals surface area (Å²) in [5, 5.41) is 10.7. The molecule has 0 aliphatic heterocycles. The fraction of sp³-hybridized carbons (Fsp3) is 0.135. The predicted octanol–water partition coefficient (Wildman–Crippen LogP) is 12.3. The van der Waals surface area contributed by atoms with Gasteiger partial charge in [-0.1, -0.05) is 151 Å². The summed E-state index contributed by atoms with van der Waals surface area (Å²) >= 11 is 0. The van der Waals surface area contributed by atoms with Crippen molar-refractivity contribution in [1.29, 1.82) is 0 Å². The predicted molar refractivity (Wildman–Crippen MR) is 226 cm³/mol. The third-order valence-corrected chi connectivity index (χ3v) is 11.9. The quantitative estimate of drug-likeness (QED) is 0.165. The van der Waals surface area contributed by atoms with E-state index in [-0.39, 0.29) is 0 Å². The third-order valence-electron chi connectivity index (χ3n) is 11.9. The maximum atomic E-state index is 4.97. The van der Waals surface area contributed by atoms with Gasteiger partial charge in [-0.05, 0) is 139 Å². The van der Waals surface area contributed by atoms with Crippen LogP contribution >= 0.6 is 0 Å². The van der Waals surface area contributed by atoms with Crippen molar-refractivity contribution in [1.82, 2.24) is 4.98 Å². The maximum absolute atomic E-state index is 4.97. The van der Waals surface area contributed by atoms with E-state index < -0.39 is 0 Å². The van der Waals surface area contributed by atoms with Crippen LogP contribution < -0.4 is 10.4 Å². The second-order valence-corrected chi connectivity index (χ2v) is 14.9. The van der Waals surface area contributed by atoms with E-state index in [2.05, 4.69) is 165 Å². The molecule has 0 amide bonds. The Balaban J connectivity index is 1.09. The lowest BCUT2D eigenvalue weighted by molar-refractivity contribution is 0.908. The first-order valence-corrected chi connectivity index (χ1v) is 19.2. The van der Waals surface area contributed by atoms with Gasteiger partial charge in [0.25, 0.3) is 0 Å². The van der Waals surface area contributed by atoms with E-state index in [4.69, 9.17) is 4.98 Å². The fourth-order valence-electron chi connectivity index (χ4n) is 9.19. The number of fused-ring (bicyclic) bond motifs is 4. The molecule has 254 valence electrons. The molecule has 0 atom stereocenters. The highest BCUT2D eigenvalue weighted by Gasteiger charge is 2.23. The largest absolute Gasteiger partial charge is 0.256 e. The van der Waals surface area contributed by atoms with Crippen molar-refractivity contribution in [3.8, 4) is 11.3 Å². The maximum Gasteiger partial charge on any atom is 0.0708 e. The van der Waals surface area contributed by atoms with Gasteiger partial charge in [-0.25, -0.2) is 0 Å². The first kappa shape index (κ1) is 31.7. The summed E-state index contributed by atoms with van der Waals surface area (Å²) in [6.07, 6.45) is 17.9. The van der Waals surface area contributed by atoms with Crippen LogP contribution in [0.5, 0.6) is 0 Å². The number of hydrogen-bond donors (Lipinski definition) is 0. The smallest absolute Gasteiger partial charge is 0.0708 e. The molecule has 1 heteroatoms. The summed E-state index contributed by atoms with van der Waals surface area (Å²) in [7, 11) is 0. The number of pyridine rings is 1. The lowest BCUT2D eigenvalue weighted by Crippen LogP contribution is -2.33. The van der Waals surface area contributed by atoms with Crippen molar-refractivity contribution < 1.29 is 0 Å². The molecule has 3 aliphatic rings. The van der Waals surface area contributed by atoms with Crippen LogP contribution in [0.2, 0.25) is 0 Å². The molecule has 0 fully saturated rings. The van der Waals surface area contributed by atoms with Gasteiger partial charge in [0, 0.05) is 11.8 Å². The summed E-state index contributed by atoms with van der Waals surface area (Å²) < 4.78 is 0. The van der Waals surface area contributed by atoms with Gasteiger partial charge in [0.05, 0.1) is 5.69 Å². The molecule has 0 N–H and O–H groups in total. The van der Waals surface area contributed by atoms with Gasteiger partial charge in [0.2, 0.25) is 0 Å². The van der Waals surface area contributed by atoms with Crippen LogP contribution in [-0.4, -0.2) is 4.98 Å². The van der Waals surface area contributed by atoms with Crippen molar-refractivity contribution >= 4 is 54.6 Å². The Hall–Kier alpha value is -6.05.